The zero-order valence-corrected chi connectivity index (χ0v) is 14.5. The molecule has 0 bridgehead atoms. The number of allylic oxidation sites excluding steroid dienone is 1. The third-order valence-corrected chi connectivity index (χ3v) is 3.55. The second-order valence-electron chi connectivity index (χ2n) is 5.84. The van der Waals surface area contributed by atoms with Crippen LogP contribution < -0.4 is 15.4 Å². The molecule has 0 radical (unpaired) electrons. The Balaban J connectivity index is 1.87. The topological polar surface area (TPSA) is 59.6 Å². The molecule has 0 amide bonds. The van der Waals surface area contributed by atoms with Crippen LogP contribution in [0, 0.1) is 5.92 Å². The fourth-order valence-electron chi connectivity index (χ4n) is 2.00. The summed E-state index contributed by atoms with van der Waals surface area (Å²) in [5.41, 5.74) is 2.22. The number of hydrogen-bond donors (Lipinski definition) is 2. The number of esters is 1. The van der Waals surface area contributed by atoms with E-state index in [-0.39, 0.29) is 12.6 Å². The molecule has 1 heterocycles. The number of hydrogen-bond acceptors (Lipinski definition) is 4. The van der Waals surface area contributed by atoms with Crippen LogP contribution in [0.15, 0.2) is 35.5 Å². The number of carbonyl (C=O) groups is 1. The highest BCUT2D eigenvalue weighted by atomic mass is 32.1. The molecule has 0 fully saturated rings. The van der Waals surface area contributed by atoms with Crippen LogP contribution in [0.1, 0.15) is 26.3 Å². The summed E-state index contributed by atoms with van der Waals surface area (Å²) in [7, 11) is 0. The molecule has 1 aromatic carbocycles. The van der Waals surface area contributed by atoms with E-state index in [1.165, 1.54) is 0 Å². The summed E-state index contributed by atoms with van der Waals surface area (Å²) in [5, 5.41) is 6.36. The minimum atomic E-state index is -0.342. The first-order valence-electron chi connectivity index (χ1n) is 7.59. The Morgan fingerprint density at radius 3 is 2.61 bits per heavy atom. The monoisotopic (exact) mass is 334 g/mol. The highest BCUT2D eigenvalue weighted by molar-refractivity contribution is 7.80. The lowest BCUT2D eigenvalue weighted by Crippen LogP contribution is -2.42. The molecule has 0 spiro atoms. The number of benzene rings is 1. The van der Waals surface area contributed by atoms with Gasteiger partial charge in [0.05, 0.1) is 18.7 Å². The minimum Gasteiger partial charge on any atom is -0.493 e. The average Bonchev–Trinajstić information content (AvgIpc) is 2.51. The van der Waals surface area contributed by atoms with Crippen molar-refractivity contribution < 1.29 is 14.3 Å². The van der Waals surface area contributed by atoms with Gasteiger partial charge in [-0.25, -0.2) is 4.79 Å². The first kappa shape index (κ1) is 17.3. The molecular formula is C17H22N2O3S. The zero-order chi connectivity index (χ0) is 16.8. The van der Waals surface area contributed by atoms with Crippen LogP contribution in [0.3, 0.4) is 0 Å². The Kier molecular flexibility index (Phi) is 5.98. The van der Waals surface area contributed by atoms with E-state index in [0.717, 1.165) is 17.0 Å². The third-order valence-electron chi connectivity index (χ3n) is 3.30. The molecule has 0 saturated heterocycles. The molecule has 0 unspecified atom stereocenters. The van der Waals surface area contributed by atoms with E-state index < -0.39 is 0 Å². The fraction of sp³-hybridized carbons (Fsp3) is 0.412. The van der Waals surface area contributed by atoms with Crippen LogP contribution in [0.4, 0.5) is 0 Å². The Morgan fingerprint density at radius 2 is 2.00 bits per heavy atom. The Labute approximate surface area is 142 Å². The summed E-state index contributed by atoms with van der Waals surface area (Å²) >= 11 is 4.99. The van der Waals surface area contributed by atoms with E-state index in [1.807, 2.05) is 31.2 Å². The van der Waals surface area contributed by atoms with Crippen molar-refractivity contribution in [1.82, 2.24) is 10.6 Å². The van der Waals surface area contributed by atoms with E-state index >= 15 is 0 Å². The van der Waals surface area contributed by atoms with Crippen molar-refractivity contribution in [3.05, 3.63) is 41.1 Å². The number of rotatable bonds is 6. The lowest BCUT2D eigenvalue weighted by atomic mass is 10.2. The molecule has 5 nitrogen and oxygen atoms in total. The van der Waals surface area contributed by atoms with Gasteiger partial charge >= 0.3 is 5.97 Å². The van der Waals surface area contributed by atoms with Crippen molar-refractivity contribution in [2.24, 2.45) is 5.92 Å². The second kappa shape index (κ2) is 7.97. The zero-order valence-electron chi connectivity index (χ0n) is 13.6. The maximum absolute atomic E-state index is 12.1. The summed E-state index contributed by atoms with van der Waals surface area (Å²) in [5.74, 6) is 0.962. The molecule has 0 saturated carbocycles. The van der Waals surface area contributed by atoms with Gasteiger partial charge in [0, 0.05) is 5.70 Å². The highest BCUT2D eigenvalue weighted by Crippen LogP contribution is 2.15. The van der Waals surface area contributed by atoms with Crippen molar-refractivity contribution in [3.8, 4) is 5.75 Å². The molecule has 6 heteroatoms. The van der Waals surface area contributed by atoms with Crippen molar-refractivity contribution in [2.45, 2.75) is 27.4 Å². The first-order valence-corrected chi connectivity index (χ1v) is 8.00. The summed E-state index contributed by atoms with van der Waals surface area (Å²) in [6.07, 6.45) is 0. The predicted molar refractivity (Wildman–Crippen MR) is 93.0 cm³/mol. The summed E-state index contributed by atoms with van der Waals surface area (Å²) < 4.78 is 11.0. The maximum atomic E-state index is 12.1. The second-order valence-corrected chi connectivity index (χ2v) is 6.24. The van der Waals surface area contributed by atoms with Crippen LogP contribution in [0.25, 0.3) is 0 Å². The average molecular weight is 334 g/mol. The molecule has 1 aliphatic heterocycles. The largest absolute Gasteiger partial charge is 0.493 e. The number of ether oxygens (including phenoxy) is 2. The highest BCUT2D eigenvalue weighted by Gasteiger charge is 2.19. The predicted octanol–water partition coefficient (Wildman–Crippen LogP) is 2.52. The molecule has 0 aliphatic carbocycles. The van der Waals surface area contributed by atoms with Crippen LogP contribution >= 0.6 is 12.2 Å². The molecule has 124 valence electrons. The van der Waals surface area contributed by atoms with Gasteiger partial charge in [-0.3, -0.25) is 0 Å². The van der Waals surface area contributed by atoms with Crippen LogP contribution in [-0.2, 0) is 16.1 Å². The van der Waals surface area contributed by atoms with E-state index in [4.69, 9.17) is 21.7 Å². The van der Waals surface area contributed by atoms with Crippen molar-refractivity contribution in [2.75, 3.05) is 13.2 Å². The number of thiocarbonyl (C=S) groups is 1. The van der Waals surface area contributed by atoms with Crippen LogP contribution in [0.5, 0.6) is 5.75 Å². The van der Waals surface area contributed by atoms with Crippen molar-refractivity contribution in [3.63, 3.8) is 0 Å². The van der Waals surface area contributed by atoms with E-state index in [0.29, 0.717) is 29.8 Å². The van der Waals surface area contributed by atoms with E-state index in [2.05, 4.69) is 24.5 Å². The van der Waals surface area contributed by atoms with Crippen LogP contribution in [0.2, 0.25) is 0 Å². The standard InChI is InChI=1S/C17H22N2O3S/c1-11(2)9-21-14-6-4-13(5-7-14)10-22-16(20)15-8-18-17(23)19-12(15)3/h4-7,11H,8-10H2,1-3H3,(H2,18,19,23). The Hall–Kier alpha value is -2.08. The van der Waals surface area contributed by atoms with Gasteiger partial charge in [-0.2, -0.15) is 0 Å². The molecule has 1 aliphatic rings. The van der Waals surface area contributed by atoms with Gasteiger partial charge in [-0.15, -0.1) is 0 Å². The van der Waals surface area contributed by atoms with Gasteiger partial charge in [-0.05, 0) is 42.8 Å². The quantitative estimate of drug-likeness (QED) is 0.616. The minimum absolute atomic E-state index is 0.227. The fourth-order valence-corrected chi connectivity index (χ4v) is 2.22. The van der Waals surface area contributed by atoms with Crippen LogP contribution in [-0.4, -0.2) is 24.2 Å². The summed E-state index contributed by atoms with van der Waals surface area (Å²) in [4.78, 5) is 12.1. The lowest BCUT2D eigenvalue weighted by molar-refractivity contribution is -0.140. The first-order chi connectivity index (χ1) is 11.0. The van der Waals surface area contributed by atoms with Crippen molar-refractivity contribution in [1.29, 1.82) is 0 Å². The Morgan fingerprint density at radius 1 is 1.30 bits per heavy atom. The Bertz CT molecular complexity index is 609. The van der Waals surface area contributed by atoms with E-state index in [1.54, 1.807) is 0 Å². The molecule has 2 N–H and O–H groups in total. The van der Waals surface area contributed by atoms with Crippen molar-refractivity contribution >= 4 is 23.3 Å². The van der Waals surface area contributed by atoms with E-state index in [9.17, 15) is 4.79 Å². The molecular weight excluding hydrogens is 312 g/mol. The molecule has 23 heavy (non-hydrogen) atoms. The SMILES string of the molecule is CC1=C(C(=O)OCc2ccc(OCC(C)C)cc2)CNC(=S)N1. The summed E-state index contributed by atoms with van der Waals surface area (Å²) in [6.45, 7) is 7.32. The van der Waals surface area contributed by atoms with Gasteiger partial charge in [-0.1, -0.05) is 26.0 Å². The summed E-state index contributed by atoms with van der Waals surface area (Å²) in [6, 6.07) is 7.57. The molecule has 1 aromatic rings. The van der Waals surface area contributed by atoms with Gasteiger partial charge in [0.25, 0.3) is 0 Å². The van der Waals surface area contributed by atoms with Gasteiger partial charge in [0.15, 0.2) is 5.11 Å². The van der Waals surface area contributed by atoms with Gasteiger partial charge < -0.3 is 20.1 Å². The molecule has 2 rings (SSSR count). The molecule has 0 aromatic heterocycles. The third kappa shape index (κ3) is 5.25. The maximum Gasteiger partial charge on any atom is 0.337 e. The molecule has 0 atom stereocenters. The number of carbonyl (C=O) groups excluding carboxylic acids is 1. The lowest BCUT2D eigenvalue weighted by Gasteiger charge is -2.20. The number of nitrogens with one attached hydrogen (secondary N) is 2. The normalized spacial score (nSPS) is 14.3. The van der Waals surface area contributed by atoms with Gasteiger partial charge in [0.2, 0.25) is 0 Å². The van der Waals surface area contributed by atoms with Gasteiger partial charge in [0.1, 0.15) is 12.4 Å². The smallest absolute Gasteiger partial charge is 0.337 e.